The van der Waals surface area contributed by atoms with Gasteiger partial charge >= 0.3 is 5.97 Å². The van der Waals surface area contributed by atoms with Crippen LogP contribution in [0, 0.1) is 17.8 Å². The Hall–Kier alpha value is -1.09. The Bertz CT molecular complexity index is 1410. The third-order valence-corrected chi connectivity index (χ3v) is 14.0. The summed E-state index contributed by atoms with van der Waals surface area (Å²) < 4.78 is 52.9. The summed E-state index contributed by atoms with van der Waals surface area (Å²) in [5, 5.41) is 24.4. The van der Waals surface area contributed by atoms with Gasteiger partial charge < -0.3 is 52.4 Å². The SMILES string of the molecule is CC[C@H]1OC(=O)[C@H](C)[C@@H](O[C@H]2C[C@@](C)(OC)[C@@H](O[Si](C)(C)C)[C@H](C)O2)[C@H](C)[C@@H](O[C@@H]2O[C@H](C)C[C@H](N(C)C)[C@H]2O[Si](C)(C)C)[C@@](C)(O)C[C@@H](C)C(=O)C(C)=C[C@]1(C)O. The first kappa shape index (κ1) is 51.3. The highest BCUT2D eigenvalue weighted by atomic mass is 28.4. The van der Waals surface area contributed by atoms with Crippen LogP contribution in [0.15, 0.2) is 11.6 Å². The van der Waals surface area contributed by atoms with E-state index in [1.165, 1.54) is 13.0 Å². The lowest BCUT2D eigenvalue weighted by Gasteiger charge is -2.51. The number of likely N-dealkylation sites (N-methyl/N-ethyl adjacent to an activating group) is 1. The Labute approximate surface area is 352 Å². The van der Waals surface area contributed by atoms with Crippen LogP contribution in [-0.2, 0) is 46.9 Å². The summed E-state index contributed by atoms with van der Waals surface area (Å²) in [5.74, 6) is -3.20. The van der Waals surface area contributed by atoms with Gasteiger partial charge in [0, 0.05) is 31.4 Å². The molecule has 3 rings (SSSR count). The number of Topliss-reactive ketones (excluding diaryl/α,β-unsaturated/α-hetero) is 1. The molecule has 3 heterocycles. The number of hydrogen-bond donors (Lipinski definition) is 2. The van der Waals surface area contributed by atoms with Gasteiger partial charge in [0.1, 0.15) is 17.8 Å². The van der Waals surface area contributed by atoms with Gasteiger partial charge in [0.25, 0.3) is 0 Å². The molecule has 0 aliphatic carbocycles. The normalized spacial score (nSPS) is 43.1. The number of ketones is 1. The summed E-state index contributed by atoms with van der Waals surface area (Å²) in [6.07, 6.45) is -3.47. The molecular weight excluding hydrogens is 779 g/mol. The highest BCUT2D eigenvalue weighted by molar-refractivity contribution is 6.70. The molecule has 0 radical (unpaired) electrons. The van der Waals surface area contributed by atoms with Gasteiger partial charge in [-0.05, 0) is 133 Å². The number of rotatable bonds is 11. The van der Waals surface area contributed by atoms with Gasteiger partial charge in [-0.3, -0.25) is 9.59 Å². The van der Waals surface area contributed by atoms with E-state index in [0.717, 1.165) is 0 Å². The predicted molar refractivity (Wildman–Crippen MR) is 229 cm³/mol. The quantitative estimate of drug-likeness (QED) is 0.173. The van der Waals surface area contributed by atoms with E-state index in [-0.39, 0.29) is 43.3 Å². The second-order valence-corrected chi connectivity index (χ2v) is 29.4. The zero-order chi connectivity index (χ0) is 44.5. The molecule has 0 aromatic carbocycles. The minimum atomic E-state index is -2.17. The predicted octanol–water partition coefficient (Wildman–Crippen LogP) is 6.45. The first-order valence-electron chi connectivity index (χ1n) is 21.4. The Morgan fingerprint density at radius 3 is 1.97 bits per heavy atom. The molecule has 0 aromatic heterocycles. The highest BCUT2D eigenvalue weighted by Gasteiger charge is 2.53. The van der Waals surface area contributed by atoms with E-state index in [9.17, 15) is 19.8 Å². The Morgan fingerprint density at radius 1 is 0.862 bits per heavy atom. The summed E-state index contributed by atoms with van der Waals surface area (Å²) in [6, 6.07) is -0.0533. The first-order valence-corrected chi connectivity index (χ1v) is 28.3. The molecule has 0 spiro atoms. The maximum atomic E-state index is 14.4. The Balaban J connectivity index is 2.25. The number of ether oxygens (including phenoxy) is 6. The molecule has 15 heteroatoms. The van der Waals surface area contributed by atoms with E-state index >= 15 is 0 Å². The second-order valence-electron chi connectivity index (χ2n) is 20.4. The van der Waals surface area contributed by atoms with Crippen LogP contribution in [-0.4, -0.2) is 143 Å². The number of nitrogens with zero attached hydrogens (tertiary/aromatic N) is 1. The summed E-state index contributed by atoms with van der Waals surface area (Å²) in [7, 11) is 1.49. The van der Waals surface area contributed by atoms with Crippen molar-refractivity contribution in [1.29, 1.82) is 0 Å². The van der Waals surface area contributed by atoms with Gasteiger partial charge in [0.05, 0.1) is 47.6 Å². The smallest absolute Gasteiger partial charge is 0.311 e. The minimum absolute atomic E-state index is 0.00423. The monoisotopic (exact) mass is 860 g/mol. The molecule has 2 fully saturated rings. The van der Waals surface area contributed by atoms with Crippen molar-refractivity contribution in [3.8, 4) is 0 Å². The number of hydrogen-bond acceptors (Lipinski definition) is 13. The van der Waals surface area contributed by atoms with Gasteiger partial charge in [0.2, 0.25) is 0 Å². The molecule has 0 saturated carbocycles. The fourth-order valence-electron chi connectivity index (χ4n) is 9.20. The maximum absolute atomic E-state index is 14.4. The molecule has 16 atom stereocenters. The number of cyclic esters (lactones) is 1. The molecule has 0 aromatic rings. The molecule has 0 bridgehead atoms. The molecule has 0 amide bonds. The molecular formula is C43H81NO12Si2. The molecule has 2 N–H and O–H groups in total. The number of aliphatic hydroxyl groups is 2. The average Bonchev–Trinajstić information content (AvgIpc) is 3.07. The van der Waals surface area contributed by atoms with Crippen LogP contribution in [0.4, 0.5) is 0 Å². The molecule has 13 nitrogen and oxygen atoms in total. The van der Waals surface area contributed by atoms with Crippen molar-refractivity contribution in [1.82, 2.24) is 4.90 Å². The molecule has 338 valence electrons. The zero-order valence-corrected chi connectivity index (χ0v) is 41.3. The highest BCUT2D eigenvalue weighted by Crippen LogP contribution is 2.42. The molecule has 3 aliphatic rings. The van der Waals surface area contributed by atoms with Crippen molar-refractivity contribution in [2.45, 2.75) is 212 Å². The van der Waals surface area contributed by atoms with Gasteiger partial charge in [-0.25, -0.2) is 0 Å². The molecule has 0 unspecified atom stereocenters. The summed E-state index contributed by atoms with van der Waals surface area (Å²) in [4.78, 5) is 30.5. The standard InChI is InChI=1S/C43H81NO12Si2/c1-20-32-41(8,47)22-25(2)34(45)26(3)23-42(9,48)37(54-40-36(55-57(14,15)16)31(44(11)12)21-27(4)50-40)28(5)35(29(6)39(46)52-32)53-33-24-43(10,49-13)38(30(7)51-33)56-58(17,18)19/h22,26-33,35-38,40,47-48H,20-21,23-24H2,1-19H3/t26-,27-,28+,29-,30+,31+,32-,33+,35+,36-,37-,38+,40+,41+,42+,43-/m1/s1. The largest absolute Gasteiger partial charge is 0.459 e. The number of carbonyl (C=O) groups is 2. The van der Waals surface area contributed by atoms with E-state index in [1.807, 2.05) is 48.7 Å². The van der Waals surface area contributed by atoms with Crippen LogP contribution in [0.25, 0.3) is 0 Å². The van der Waals surface area contributed by atoms with Crippen molar-refractivity contribution in [2.75, 3.05) is 21.2 Å². The third-order valence-electron chi connectivity index (χ3n) is 12.1. The molecule has 2 saturated heterocycles. The lowest BCUT2D eigenvalue weighted by atomic mass is 9.76. The summed E-state index contributed by atoms with van der Waals surface area (Å²) in [6.45, 7) is 30.7. The van der Waals surface area contributed by atoms with E-state index in [0.29, 0.717) is 12.0 Å². The first-order chi connectivity index (χ1) is 26.4. The van der Waals surface area contributed by atoms with Crippen LogP contribution in [0.2, 0.25) is 39.3 Å². The van der Waals surface area contributed by atoms with Gasteiger partial charge in [-0.2, -0.15) is 0 Å². The Kier molecular flexibility index (Phi) is 17.3. The van der Waals surface area contributed by atoms with E-state index in [2.05, 4.69) is 44.2 Å². The maximum Gasteiger partial charge on any atom is 0.311 e. The van der Waals surface area contributed by atoms with Gasteiger partial charge in [-0.15, -0.1) is 0 Å². The second kappa shape index (κ2) is 19.5. The Morgan fingerprint density at radius 2 is 1.45 bits per heavy atom. The van der Waals surface area contributed by atoms with E-state index in [4.69, 9.17) is 37.3 Å². The van der Waals surface area contributed by atoms with E-state index < -0.39 is 100 Å². The topological polar surface area (TPSA) is 152 Å². The van der Waals surface area contributed by atoms with Crippen molar-refractivity contribution < 1.29 is 57.1 Å². The van der Waals surface area contributed by atoms with Gasteiger partial charge in [-0.1, -0.05) is 20.8 Å². The lowest BCUT2D eigenvalue weighted by molar-refractivity contribution is -0.315. The van der Waals surface area contributed by atoms with Crippen LogP contribution < -0.4 is 0 Å². The number of methoxy groups -OCH3 is 1. The summed E-state index contributed by atoms with van der Waals surface area (Å²) in [5.41, 5.74) is -3.81. The fraction of sp³-hybridized carbons (Fsp3) is 0.907. The summed E-state index contributed by atoms with van der Waals surface area (Å²) >= 11 is 0. The number of carbonyl (C=O) groups excluding carboxylic acids is 2. The van der Waals surface area contributed by atoms with Crippen molar-refractivity contribution >= 4 is 28.4 Å². The van der Waals surface area contributed by atoms with Crippen LogP contribution >= 0.6 is 0 Å². The minimum Gasteiger partial charge on any atom is -0.459 e. The third kappa shape index (κ3) is 13.0. The van der Waals surface area contributed by atoms with Crippen LogP contribution in [0.3, 0.4) is 0 Å². The zero-order valence-electron chi connectivity index (χ0n) is 39.3. The van der Waals surface area contributed by atoms with Crippen LogP contribution in [0.5, 0.6) is 0 Å². The van der Waals surface area contributed by atoms with Crippen LogP contribution in [0.1, 0.15) is 94.9 Å². The van der Waals surface area contributed by atoms with Gasteiger partial charge in [0.15, 0.2) is 35.0 Å². The van der Waals surface area contributed by atoms with Crippen molar-refractivity contribution in [2.24, 2.45) is 17.8 Å². The molecule has 58 heavy (non-hydrogen) atoms. The van der Waals surface area contributed by atoms with Crippen molar-refractivity contribution in [3.05, 3.63) is 11.6 Å². The van der Waals surface area contributed by atoms with Crippen molar-refractivity contribution in [3.63, 3.8) is 0 Å². The average molecular weight is 860 g/mol. The number of allylic oxidation sites excluding steroid dienone is 1. The lowest BCUT2D eigenvalue weighted by Crippen LogP contribution is -2.62. The molecule has 3 aliphatic heterocycles. The van der Waals surface area contributed by atoms with E-state index in [1.54, 1.807) is 34.8 Å². The fourth-order valence-corrected chi connectivity index (χ4v) is 11.5. The number of esters is 1.